The summed E-state index contributed by atoms with van der Waals surface area (Å²) >= 11 is 0. The fourth-order valence-electron chi connectivity index (χ4n) is 3.55. The molecule has 0 atom stereocenters. The monoisotopic (exact) mass is 322 g/mol. The first-order valence-electron chi connectivity index (χ1n) is 8.54. The van der Waals surface area contributed by atoms with Gasteiger partial charge in [-0.15, -0.1) is 0 Å². The Balaban J connectivity index is 1.40. The molecule has 24 heavy (non-hydrogen) atoms. The van der Waals surface area contributed by atoms with Crippen molar-refractivity contribution in [2.24, 2.45) is 13.0 Å². The van der Waals surface area contributed by atoms with Crippen LogP contribution in [0.4, 0.5) is 0 Å². The van der Waals surface area contributed by atoms with Crippen LogP contribution in [0, 0.1) is 5.92 Å². The zero-order valence-electron chi connectivity index (χ0n) is 13.9. The number of amides is 1. The van der Waals surface area contributed by atoms with Crippen LogP contribution in [0.15, 0.2) is 42.7 Å². The Morgan fingerprint density at radius 1 is 1.29 bits per heavy atom. The summed E-state index contributed by atoms with van der Waals surface area (Å²) in [4.78, 5) is 22.4. The van der Waals surface area contributed by atoms with Gasteiger partial charge in [0, 0.05) is 49.9 Å². The van der Waals surface area contributed by atoms with Gasteiger partial charge in [-0.2, -0.15) is 0 Å². The van der Waals surface area contributed by atoms with Crippen molar-refractivity contribution in [1.82, 2.24) is 19.4 Å². The van der Waals surface area contributed by atoms with Crippen molar-refractivity contribution in [3.05, 3.63) is 54.2 Å². The van der Waals surface area contributed by atoms with E-state index in [1.54, 1.807) is 0 Å². The molecular formula is C19H22N4O. The summed E-state index contributed by atoms with van der Waals surface area (Å²) in [5.41, 5.74) is 1.71. The summed E-state index contributed by atoms with van der Waals surface area (Å²) < 4.78 is 2.09. The first-order chi connectivity index (χ1) is 11.7. The third-order valence-corrected chi connectivity index (χ3v) is 5.05. The number of hydrogen-bond acceptors (Lipinski definition) is 2. The number of para-hydroxylation sites is 1. The molecule has 2 aromatic heterocycles. The number of carbonyl (C=O) groups excluding carboxylic acids is 1. The maximum absolute atomic E-state index is 12.7. The number of imidazole rings is 1. The number of nitrogens with zero attached hydrogens (tertiary/aromatic N) is 3. The number of rotatable bonds is 3. The number of aromatic nitrogens is 3. The van der Waals surface area contributed by atoms with Crippen molar-refractivity contribution in [3.8, 4) is 0 Å². The molecule has 3 aromatic rings. The maximum atomic E-state index is 12.7. The smallest absolute Gasteiger partial charge is 0.270 e. The Morgan fingerprint density at radius 3 is 2.79 bits per heavy atom. The second kappa shape index (κ2) is 6.15. The Bertz CT molecular complexity index is 822. The molecule has 124 valence electrons. The van der Waals surface area contributed by atoms with Crippen molar-refractivity contribution in [3.63, 3.8) is 0 Å². The van der Waals surface area contributed by atoms with E-state index < -0.39 is 0 Å². The van der Waals surface area contributed by atoms with Gasteiger partial charge >= 0.3 is 0 Å². The highest BCUT2D eigenvalue weighted by Gasteiger charge is 2.25. The molecule has 4 rings (SSSR count). The lowest BCUT2D eigenvalue weighted by Gasteiger charge is -2.31. The van der Waals surface area contributed by atoms with Gasteiger partial charge in [0.25, 0.3) is 5.91 Å². The minimum absolute atomic E-state index is 0.113. The first kappa shape index (κ1) is 15.0. The molecule has 1 aliphatic rings. The molecule has 0 saturated carbocycles. The van der Waals surface area contributed by atoms with E-state index in [-0.39, 0.29) is 5.91 Å². The summed E-state index contributed by atoms with van der Waals surface area (Å²) in [6, 6.07) is 9.97. The number of piperidine rings is 1. The van der Waals surface area contributed by atoms with E-state index in [1.165, 1.54) is 0 Å². The minimum Gasteiger partial charge on any atom is -0.351 e. The maximum Gasteiger partial charge on any atom is 0.270 e. The van der Waals surface area contributed by atoms with Gasteiger partial charge in [-0.3, -0.25) is 4.79 Å². The molecular weight excluding hydrogens is 300 g/mol. The van der Waals surface area contributed by atoms with Gasteiger partial charge in [0.15, 0.2) is 0 Å². The molecule has 1 saturated heterocycles. The molecule has 0 spiro atoms. The lowest BCUT2D eigenvalue weighted by Crippen LogP contribution is -2.39. The van der Waals surface area contributed by atoms with Crippen LogP contribution in [-0.4, -0.2) is 38.4 Å². The van der Waals surface area contributed by atoms with E-state index in [0.717, 1.165) is 49.1 Å². The van der Waals surface area contributed by atoms with Crippen molar-refractivity contribution in [2.75, 3.05) is 13.1 Å². The standard InChI is InChI=1S/C19H22N4O/c1-22-11-8-20-18(22)12-14-6-9-23(10-7-14)19(24)17-13-15-4-2-3-5-16(15)21-17/h2-5,8,11,13-14,21H,6-7,9-10,12H2,1H3. The average Bonchev–Trinajstić information content (AvgIpc) is 3.21. The van der Waals surface area contributed by atoms with Gasteiger partial charge in [-0.1, -0.05) is 18.2 Å². The highest BCUT2D eigenvalue weighted by molar-refractivity contribution is 5.98. The van der Waals surface area contributed by atoms with E-state index in [4.69, 9.17) is 0 Å². The second-order valence-electron chi connectivity index (χ2n) is 6.66. The van der Waals surface area contributed by atoms with Gasteiger partial charge in [0.2, 0.25) is 0 Å². The molecule has 1 N–H and O–H groups in total. The van der Waals surface area contributed by atoms with E-state index in [9.17, 15) is 4.79 Å². The van der Waals surface area contributed by atoms with Crippen molar-refractivity contribution >= 4 is 16.8 Å². The van der Waals surface area contributed by atoms with Gasteiger partial charge < -0.3 is 14.5 Å². The van der Waals surface area contributed by atoms with Crippen LogP contribution in [0.1, 0.15) is 29.2 Å². The van der Waals surface area contributed by atoms with E-state index in [1.807, 2.05) is 54.7 Å². The van der Waals surface area contributed by atoms with Crippen LogP contribution in [-0.2, 0) is 13.5 Å². The molecule has 0 unspecified atom stereocenters. The quantitative estimate of drug-likeness (QED) is 0.806. The number of nitrogens with one attached hydrogen (secondary N) is 1. The largest absolute Gasteiger partial charge is 0.351 e. The first-order valence-corrected chi connectivity index (χ1v) is 8.54. The predicted octanol–water partition coefficient (Wildman–Crippen LogP) is 3.00. The summed E-state index contributed by atoms with van der Waals surface area (Å²) in [6.45, 7) is 1.65. The van der Waals surface area contributed by atoms with Gasteiger partial charge in [0.05, 0.1) is 0 Å². The Hall–Kier alpha value is -2.56. The predicted molar refractivity (Wildman–Crippen MR) is 93.8 cm³/mol. The van der Waals surface area contributed by atoms with Gasteiger partial charge in [-0.25, -0.2) is 4.98 Å². The number of hydrogen-bond donors (Lipinski definition) is 1. The molecule has 5 nitrogen and oxygen atoms in total. The molecule has 1 fully saturated rings. The van der Waals surface area contributed by atoms with Crippen LogP contribution in [0.2, 0.25) is 0 Å². The molecule has 5 heteroatoms. The molecule has 1 amide bonds. The highest BCUT2D eigenvalue weighted by Crippen LogP contribution is 2.23. The molecule has 1 aliphatic heterocycles. The van der Waals surface area contributed by atoms with E-state index >= 15 is 0 Å². The average molecular weight is 322 g/mol. The number of aromatic amines is 1. The van der Waals surface area contributed by atoms with Gasteiger partial charge in [0.1, 0.15) is 11.5 Å². The zero-order chi connectivity index (χ0) is 16.5. The minimum atomic E-state index is 0.113. The van der Waals surface area contributed by atoms with Crippen molar-refractivity contribution < 1.29 is 4.79 Å². The number of carbonyl (C=O) groups is 1. The number of fused-ring (bicyclic) bond motifs is 1. The number of benzene rings is 1. The topological polar surface area (TPSA) is 53.9 Å². The number of likely N-dealkylation sites (tertiary alicyclic amines) is 1. The van der Waals surface area contributed by atoms with Gasteiger partial charge in [-0.05, 0) is 30.9 Å². The SMILES string of the molecule is Cn1ccnc1CC1CCN(C(=O)c2cc3ccccc3[nH]2)CC1. The Kier molecular flexibility index (Phi) is 3.84. The molecule has 3 heterocycles. The van der Waals surface area contributed by atoms with E-state index in [2.05, 4.69) is 14.5 Å². The zero-order valence-corrected chi connectivity index (χ0v) is 13.9. The van der Waals surface area contributed by atoms with Crippen molar-refractivity contribution in [2.45, 2.75) is 19.3 Å². The lowest BCUT2D eigenvalue weighted by atomic mass is 9.93. The van der Waals surface area contributed by atoms with Crippen LogP contribution in [0.3, 0.4) is 0 Å². The third-order valence-electron chi connectivity index (χ3n) is 5.05. The molecule has 0 bridgehead atoms. The number of H-pyrrole nitrogens is 1. The lowest BCUT2D eigenvalue weighted by molar-refractivity contribution is 0.0684. The van der Waals surface area contributed by atoms with Crippen molar-refractivity contribution in [1.29, 1.82) is 0 Å². The molecule has 1 aromatic carbocycles. The summed E-state index contributed by atoms with van der Waals surface area (Å²) in [5.74, 6) is 1.86. The normalized spacial score (nSPS) is 16.0. The number of aryl methyl sites for hydroxylation is 1. The fourth-order valence-corrected chi connectivity index (χ4v) is 3.55. The fraction of sp³-hybridized carbons (Fsp3) is 0.368. The Labute approximate surface area is 141 Å². The van der Waals surface area contributed by atoms with Crippen LogP contribution in [0.5, 0.6) is 0 Å². The summed E-state index contributed by atoms with van der Waals surface area (Å²) in [6.07, 6.45) is 6.92. The van der Waals surface area contributed by atoms with E-state index in [0.29, 0.717) is 11.6 Å². The van der Waals surface area contributed by atoms with Crippen LogP contribution < -0.4 is 0 Å². The molecule has 0 aliphatic carbocycles. The van der Waals surface area contributed by atoms with Crippen LogP contribution >= 0.6 is 0 Å². The second-order valence-corrected chi connectivity index (χ2v) is 6.66. The summed E-state index contributed by atoms with van der Waals surface area (Å²) in [5, 5.41) is 1.09. The molecule has 0 radical (unpaired) electrons. The van der Waals surface area contributed by atoms with Crippen LogP contribution in [0.25, 0.3) is 10.9 Å². The summed E-state index contributed by atoms with van der Waals surface area (Å²) in [7, 11) is 2.04. The third kappa shape index (κ3) is 2.82. The highest BCUT2D eigenvalue weighted by atomic mass is 16.2. The Morgan fingerprint density at radius 2 is 2.08 bits per heavy atom.